The molecule has 0 radical (unpaired) electrons. The maximum Gasteiger partial charge on any atom is 0.237 e. The SMILES string of the molecule is Cl.O=C(NCC1=CCNCC1)C1CCCCN1Cc1ccc(F)cc1. The lowest BCUT2D eigenvalue weighted by Crippen LogP contribution is -2.49. The monoisotopic (exact) mass is 367 g/mol. The quantitative estimate of drug-likeness (QED) is 0.786. The van der Waals surface area contributed by atoms with Crippen molar-refractivity contribution in [2.45, 2.75) is 38.3 Å². The molecule has 1 amide bonds. The van der Waals surface area contributed by atoms with Crippen molar-refractivity contribution < 1.29 is 9.18 Å². The van der Waals surface area contributed by atoms with Gasteiger partial charge in [-0.15, -0.1) is 12.4 Å². The maximum atomic E-state index is 13.1. The Morgan fingerprint density at radius 3 is 2.80 bits per heavy atom. The van der Waals surface area contributed by atoms with Crippen molar-refractivity contribution in [3.63, 3.8) is 0 Å². The molecule has 0 aromatic heterocycles. The van der Waals surface area contributed by atoms with Crippen LogP contribution in [0.3, 0.4) is 0 Å². The molecule has 1 fully saturated rings. The summed E-state index contributed by atoms with van der Waals surface area (Å²) >= 11 is 0. The zero-order chi connectivity index (χ0) is 16.8. The standard InChI is InChI=1S/C19H26FN3O.ClH/c20-17-6-4-16(5-7-17)14-23-12-2-1-3-18(23)19(24)22-13-15-8-10-21-11-9-15;/h4-8,18,21H,1-3,9-14H2,(H,22,24);1H. The molecular weight excluding hydrogens is 341 g/mol. The number of amides is 1. The van der Waals surface area contributed by atoms with E-state index in [1.165, 1.54) is 17.7 Å². The topological polar surface area (TPSA) is 44.4 Å². The highest BCUT2D eigenvalue weighted by Crippen LogP contribution is 2.20. The minimum absolute atomic E-state index is 0. The number of carbonyl (C=O) groups excluding carboxylic acids is 1. The predicted molar refractivity (Wildman–Crippen MR) is 100 cm³/mol. The third kappa shape index (κ3) is 5.80. The second-order valence-corrected chi connectivity index (χ2v) is 6.64. The largest absolute Gasteiger partial charge is 0.351 e. The van der Waals surface area contributed by atoms with Gasteiger partial charge in [0.05, 0.1) is 6.04 Å². The molecule has 138 valence electrons. The molecule has 0 saturated carbocycles. The van der Waals surface area contributed by atoms with E-state index in [0.29, 0.717) is 13.1 Å². The molecule has 6 heteroatoms. The van der Waals surface area contributed by atoms with Crippen LogP contribution >= 0.6 is 12.4 Å². The first-order chi connectivity index (χ1) is 11.7. The second kappa shape index (κ2) is 9.90. The number of hydrogen-bond acceptors (Lipinski definition) is 3. The normalized spacial score (nSPS) is 21.2. The number of likely N-dealkylation sites (tertiary alicyclic amines) is 1. The Balaban J connectivity index is 0.00000225. The number of nitrogens with one attached hydrogen (secondary N) is 2. The molecule has 2 aliphatic rings. The van der Waals surface area contributed by atoms with Crippen LogP contribution in [-0.2, 0) is 11.3 Å². The lowest BCUT2D eigenvalue weighted by Gasteiger charge is -2.34. The van der Waals surface area contributed by atoms with Gasteiger partial charge in [0.2, 0.25) is 5.91 Å². The van der Waals surface area contributed by atoms with Crippen molar-refractivity contribution in [3.05, 3.63) is 47.3 Å². The summed E-state index contributed by atoms with van der Waals surface area (Å²) in [6.45, 7) is 4.15. The number of nitrogens with zero attached hydrogens (tertiary/aromatic N) is 1. The lowest BCUT2D eigenvalue weighted by atomic mass is 10.00. The highest BCUT2D eigenvalue weighted by atomic mass is 35.5. The summed E-state index contributed by atoms with van der Waals surface area (Å²) in [5.41, 5.74) is 2.36. The molecule has 0 aliphatic carbocycles. The molecule has 1 unspecified atom stereocenters. The Hall–Kier alpha value is -1.43. The Bertz CT molecular complexity index is 591. The van der Waals surface area contributed by atoms with Crippen LogP contribution in [0.5, 0.6) is 0 Å². The van der Waals surface area contributed by atoms with Crippen molar-refractivity contribution >= 4 is 18.3 Å². The first kappa shape index (κ1) is 19.9. The van der Waals surface area contributed by atoms with Gasteiger partial charge in [0.25, 0.3) is 0 Å². The van der Waals surface area contributed by atoms with Gasteiger partial charge in [0.15, 0.2) is 0 Å². The van der Waals surface area contributed by atoms with Crippen molar-refractivity contribution in [2.75, 3.05) is 26.2 Å². The van der Waals surface area contributed by atoms with Gasteiger partial charge < -0.3 is 10.6 Å². The van der Waals surface area contributed by atoms with E-state index in [4.69, 9.17) is 0 Å². The van der Waals surface area contributed by atoms with E-state index < -0.39 is 0 Å². The molecule has 0 bridgehead atoms. The molecule has 1 saturated heterocycles. The van der Waals surface area contributed by atoms with Crippen LogP contribution in [0.2, 0.25) is 0 Å². The first-order valence-corrected chi connectivity index (χ1v) is 8.87. The third-order valence-corrected chi connectivity index (χ3v) is 4.86. The van der Waals surface area contributed by atoms with Crippen molar-refractivity contribution in [1.29, 1.82) is 0 Å². The molecule has 0 spiro atoms. The van der Waals surface area contributed by atoms with Crippen molar-refractivity contribution in [2.24, 2.45) is 0 Å². The van der Waals surface area contributed by atoms with Gasteiger partial charge in [0.1, 0.15) is 5.82 Å². The average Bonchev–Trinajstić information content (AvgIpc) is 2.63. The van der Waals surface area contributed by atoms with E-state index >= 15 is 0 Å². The fraction of sp³-hybridized carbons (Fsp3) is 0.526. The van der Waals surface area contributed by atoms with Crippen LogP contribution in [0.4, 0.5) is 4.39 Å². The smallest absolute Gasteiger partial charge is 0.237 e. The van der Waals surface area contributed by atoms with Gasteiger partial charge in [-0.1, -0.05) is 30.2 Å². The van der Waals surface area contributed by atoms with Crippen molar-refractivity contribution in [1.82, 2.24) is 15.5 Å². The van der Waals surface area contributed by atoms with Gasteiger partial charge in [0, 0.05) is 19.6 Å². The highest BCUT2D eigenvalue weighted by Gasteiger charge is 2.28. The Morgan fingerprint density at radius 2 is 2.08 bits per heavy atom. The van der Waals surface area contributed by atoms with Crippen LogP contribution in [0.1, 0.15) is 31.2 Å². The first-order valence-electron chi connectivity index (χ1n) is 8.87. The number of hydrogen-bond donors (Lipinski definition) is 2. The van der Waals surface area contributed by atoms with Crippen LogP contribution in [0, 0.1) is 5.82 Å². The van der Waals surface area contributed by atoms with Gasteiger partial charge in [-0.25, -0.2) is 4.39 Å². The lowest BCUT2D eigenvalue weighted by molar-refractivity contribution is -0.127. The number of piperidine rings is 1. The molecule has 1 atom stereocenters. The number of carbonyl (C=O) groups is 1. The summed E-state index contributed by atoms with van der Waals surface area (Å²) in [5, 5.41) is 6.39. The average molecular weight is 368 g/mol. The van der Waals surface area contributed by atoms with E-state index in [1.54, 1.807) is 12.1 Å². The van der Waals surface area contributed by atoms with E-state index in [2.05, 4.69) is 21.6 Å². The summed E-state index contributed by atoms with van der Waals surface area (Å²) < 4.78 is 13.1. The van der Waals surface area contributed by atoms with Crippen LogP contribution in [0.25, 0.3) is 0 Å². The Labute approximate surface area is 155 Å². The van der Waals surface area contributed by atoms with E-state index in [0.717, 1.165) is 50.9 Å². The second-order valence-electron chi connectivity index (χ2n) is 6.64. The Morgan fingerprint density at radius 1 is 1.28 bits per heavy atom. The molecule has 4 nitrogen and oxygen atoms in total. The van der Waals surface area contributed by atoms with Crippen LogP contribution in [-0.4, -0.2) is 43.0 Å². The molecule has 3 rings (SSSR count). The molecule has 2 heterocycles. The zero-order valence-corrected chi connectivity index (χ0v) is 15.3. The van der Waals surface area contributed by atoms with Gasteiger partial charge in [-0.05, 0) is 50.0 Å². The minimum atomic E-state index is -0.220. The highest BCUT2D eigenvalue weighted by molar-refractivity contribution is 5.85. The van der Waals surface area contributed by atoms with E-state index in [-0.39, 0.29) is 30.2 Å². The van der Waals surface area contributed by atoms with Crippen LogP contribution in [0.15, 0.2) is 35.9 Å². The molecule has 2 aliphatic heterocycles. The molecular formula is C19H27ClFN3O. The van der Waals surface area contributed by atoms with Crippen molar-refractivity contribution in [3.8, 4) is 0 Å². The molecule has 1 aromatic carbocycles. The summed E-state index contributed by atoms with van der Waals surface area (Å²) in [7, 11) is 0. The predicted octanol–water partition coefficient (Wildman–Crippen LogP) is 2.64. The van der Waals surface area contributed by atoms with E-state index in [9.17, 15) is 9.18 Å². The fourth-order valence-electron chi connectivity index (χ4n) is 3.45. The maximum absolute atomic E-state index is 13.1. The summed E-state index contributed by atoms with van der Waals surface area (Å²) in [5.74, 6) is -0.0989. The van der Waals surface area contributed by atoms with Gasteiger partial charge in [-0.3, -0.25) is 9.69 Å². The fourth-order valence-corrected chi connectivity index (χ4v) is 3.45. The summed E-state index contributed by atoms with van der Waals surface area (Å²) in [6.07, 6.45) is 6.27. The minimum Gasteiger partial charge on any atom is -0.351 e. The number of halogens is 2. The molecule has 2 N–H and O–H groups in total. The van der Waals surface area contributed by atoms with Gasteiger partial charge >= 0.3 is 0 Å². The summed E-state index contributed by atoms with van der Waals surface area (Å²) in [6, 6.07) is 6.50. The summed E-state index contributed by atoms with van der Waals surface area (Å²) in [4.78, 5) is 14.9. The Kier molecular flexibility index (Phi) is 7.88. The van der Waals surface area contributed by atoms with Gasteiger partial charge in [-0.2, -0.15) is 0 Å². The third-order valence-electron chi connectivity index (χ3n) is 4.86. The zero-order valence-electron chi connectivity index (χ0n) is 14.5. The molecule has 25 heavy (non-hydrogen) atoms. The molecule has 1 aromatic rings. The number of benzene rings is 1. The number of rotatable bonds is 5. The van der Waals surface area contributed by atoms with Crippen LogP contribution < -0.4 is 10.6 Å². The van der Waals surface area contributed by atoms with E-state index in [1.807, 2.05) is 0 Å².